The minimum atomic E-state index is -4.75. The van der Waals surface area contributed by atoms with E-state index in [9.17, 15) is 27.6 Å². The van der Waals surface area contributed by atoms with Crippen molar-refractivity contribution in [3.63, 3.8) is 0 Å². The summed E-state index contributed by atoms with van der Waals surface area (Å²) in [5.41, 5.74) is -1.94. The quantitative estimate of drug-likeness (QED) is 0.632. The number of carboxylic acid groups (broad SMARTS) is 1. The van der Waals surface area contributed by atoms with Crippen LogP contribution in [-0.2, 0) is 20.5 Å². The second kappa shape index (κ2) is 6.57. The number of nitrogens with one attached hydrogen (secondary N) is 1. The van der Waals surface area contributed by atoms with Crippen molar-refractivity contribution in [2.45, 2.75) is 19.1 Å². The topological polar surface area (TPSA) is 92.7 Å². The zero-order chi connectivity index (χ0) is 16.2. The Morgan fingerprint density at radius 3 is 2.48 bits per heavy atom. The van der Waals surface area contributed by atoms with Crippen LogP contribution < -0.4 is 5.32 Å². The molecule has 0 aliphatic rings. The van der Waals surface area contributed by atoms with E-state index in [2.05, 4.69) is 4.74 Å². The zero-order valence-corrected chi connectivity index (χ0v) is 11.4. The van der Waals surface area contributed by atoms with E-state index in [4.69, 9.17) is 5.11 Å². The van der Waals surface area contributed by atoms with Gasteiger partial charge in [0, 0.05) is 10.8 Å². The molecule has 1 rings (SSSR count). The number of hydrogen-bond acceptors (Lipinski definition) is 5. The van der Waals surface area contributed by atoms with Crippen molar-refractivity contribution in [1.82, 2.24) is 5.32 Å². The first kappa shape index (κ1) is 17.0. The molecule has 0 saturated carbocycles. The lowest BCUT2D eigenvalue weighted by molar-refractivity contribution is -0.154. The third-order valence-corrected chi connectivity index (χ3v) is 3.00. The fraction of sp³-hybridized carbons (Fsp3) is 0.364. The number of carbonyl (C=O) groups excluding carboxylic acids is 2. The smallest absolute Gasteiger partial charge is 0.417 e. The predicted molar refractivity (Wildman–Crippen MR) is 64.8 cm³/mol. The second-order valence-corrected chi connectivity index (χ2v) is 4.44. The summed E-state index contributed by atoms with van der Waals surface area (Å²) in [5, 5.41) is 12.2. The standard InChI is InChI=1S/C11H10F3NO5S/c1-2-20-10(19)7(9(17)18)15-8(16)5-3-21-4-6(5)11(12,13)14/h3-4,7H,2H2,1H3,(H,15,16)(H,17,18)/t7-/m1/s1. The molecule has 1 aromatic rings. The van der Waals surface area contributed by atoms with E-state index in [1.54, 1.807) is 5.32 Å². The molecule has 0 aromatic carbocycles. The number of aliphatic carboxylic acids is 1. The molecule has 0 spiro atoms. The molecule has 6 nitrogen and oxygen atoms in total. The Balaban J connectivity index is 2.96. The fourth-order valence-corrected chi connectivity index (χ4v) is 2.18. The van der Waals surface area contributed by atoms with E-state index in [0.717, 1.165) is 10.8 Å². The van der Waals surface area contributed by atoms with Gasteiger partial charge in [-0.25, -0.2) is 9.59 Å². The maximum absolute atomic E-state index is 12.6. The first-order chi connectivity index (χ1) is 9.68. The lowest BCUT2D eigenvalue weighted by Crippen LogP contribution is -2.47. The minimum Gasteiger partial charge on any atom is -0.479 e. The number of amides is 1. The molecule has 10 heteroatoms. The van der Waals surface area contributed by atoms with Crippen molar-refractivity contribution in [3.8, 4) is 0 Å². The molecule has 116 valence electrons. The summed E-state index contributed by atoms with van der Waals surface area (Å²) >= 11 is 0.631. The highest BCUT2D eigenvalue weighted by Gasteiger charge is 2.38. The molecule has 2 N–H and O–H groups in total. The van der Waals surface area contributed by atoms with Gasteiger partial charge in [-0.15, -0.1) is 0 Å². The van der Waals surface area contributed by atoms with Crippen LogP contribution in [0.15, 0.2) is 10.8 Å². The SMILES string of the molecule is CCOC(=O)[C@H](NC(=O)c1cscc1C(F)(F)F)C(=O)O. The molecule has 0 fully saturated rings. The van der Waals surface area contributed by atoms with E-state index in [1.165, 1.54) is 6.92 Å². The van der Waals surface area contributed by atoms with Crippen molar-refractivity contribution in [2.24, 2.45) is 0 Å². The predicted octanol–water partition coefficient (Wildman–Crippen LogP) is 1.51. The van der Waals surface area contributed by atoms with Crippen molar-refractivity contribution in [1.29, 1.82) is 0 Å². The van der Waals surface area contributed by atoms with Crippen LogP contribution in [0, 0.1) is 0 Å². The Morgan fingerprint density at radius 1 is 1.38 bits per heavy atom. The molecule has 0 saturated heterocycles. The van der Waals surface area contributed by atoms with Gasteiger partial charge in [-0.05, 0) is 6.92 Å². The molecular formula is C11H10F3NO5S. The van der Waals surface area contributed by atoms with Gasteiger partial charge in [0.2, 0.25) is 6.04 Å². The Morgan fingerprint density at radius 2 is 2.00 bits per heavy atom. The van der Waals surface area contributed by atoms with Gasteiger partial charge in [0.25, 0.3) is 5.91 Å². The van der Waals surface area contributed by atoms with Crippen LogP contribution in [0.5, 0.6) is 0 Å². The summed E-state index contributed by atoms with van der Waals surface area (Å²) in [4.78, 5) is 33.9. The van der Waals surface area contributed by atoms with Crippen molar-refractivity contribution in [3.05, 3.63) is 21.9 Å². The van der Waals surface area contributed by atoms with E-state index in [-0.39, 0.29) is 6.61 Å². The van der Waals surface area contributed by atoms with Crippen LogP contribution >= 0.6 is 11.3 Å². The van der Waals surface area contributed by atoms with Gasteiger partial charge in [0.15, 0.2) is 0 Å². The van der Waals surface area contributed by atoms with Crippen LogP contribution in [0.2, 0.25) is 0 Å². The normalized spacial score (nSPS) is 12.6. The number of halogens is 3. The monoisotopic (exact) mass is 325 g/mol. The highest BCUT2D eigenvalue weighted by molar-refractivity contribution is 7.08. The summed E-state index contributed by atoms with van der Waals surface area (Å²) in [6, 6.07) is -2.07. The number of thiophene rings is 1. The summed E-state index contributed by atoms with van der Waals surface area (Å²) in [5.74, 6) is -4.31. The van der Waals surface area contributed by atoms with Gasteiger partial charge in [0.1, 0.15) is 0 Å². The van der Waals surface area contributed by atoms with Crippen LogP contribution in [0.4, 0.5) is 13.2 Å². The minimum absolute atomic E-state index is 0.134. The summed E-state index contributed by atoms with van der Waals surface area (Å²) in [6.45, 7) is 1.28. The molecule has 0 aliphatic carbocycles. The van der Waals surface area contributed by atoms with Crippen molar-refractivity contribution in [2.75, 3.05) is 6.61 Å². The zero-order valence-electron chi connectivity index (χ0n) is 10.6. The lowest BCUT2D eigenvalue weighted by atomic mass is 10.1. The first-order valence-corrected chi connectivity index (χ1v) is 6.46. The van der Waals surface area contributed by atoms with Crippen LogP contribution in [-0.4, -0.2) is 35.6 Å². The average molecular weight is 325 g/mol. The Bertz CT molecular complexity index is 554. The third-order valence-electron chi connectivity index (χ3n) is 2.26. The maximum Gasteiger partial charge on any atom is 0.417 e. The largest absolute Gasteiger partial charge is 0.479 e. The van der Waals surface area contributed by atoms with E-state index >= 15 is 0 Å². The second-order valence-electron chi connectivity index (χ2n) is 3.69. The summed E-state index contributed by atoms with van der Waals surface area (Å²) in [7, 11) is 0. The highest BCUT2D eigenvalue weighted by atomic mass is 32.1. The van der Waals surface area contributed by atoms with Crippen LogP contribution in [0.3, 0.4) is 0 Å². The maximum atomic E-state index is 12.6. The summed E-state index contributed by atoms with van der Waals surface area (Å²) < 4.78 is 42.3. The Hall–Kier alpha value is -2.10. The van der Waals surface area contributed by atoms with Gasteiger partial charge >= 0.3 is 18.1 Å². The molecule has 0 aliphatic heterocycles. The van der Waals surface area contributed by atoms with Crippen molar-refractivity contribution < 1.29 is 37.4 Å². The van der Waals surface area contributed by atoms with E-state index < -0.39 is 41.2 Å². The number of carbonyl (C=O) groups is 3. The van der Waals surface area contributed by atoms with Crippen LogP contribution in [0.25, 0.3) is 0 Å². The number of carboxylic acids is 1. The number of hydrogen-bond donors (Lipinski definition) is 2. The van der Waals surface area contributed by atoms with Gasteiger partial charge in [-0.1, -0.05) is 0 Å². The van der Waals surface area contributed by atoms with Gasteiger partial charge in [-0.3, -0.25) is 4.79 Å². The Kier molecular flexibility index (Phi) is 5.30. The molecule has 1 amide bonds. The average Bonchev–Trinajstić information content (AvgIpc) is 2.84. The van der Waals surface area contributed by atoms with Crippen molar-refractivity contribution >= 4 is 29.2 Å². The lowest BCUT2D eigenvalue weighted by Gasteiger charge is -2.14. The number of ether oxygens (including phenoxy) is 1. The summed E-state index contributed by atoms with van der Waals surface area (Å²) in [6.07, 6.45) is -4.75. The van der Waals surface area contributed by atoms with Crippen LogP contribution in [0.1, 0.15) is 22.8 Å². The Labute approximate surface area is 120 Å². The fourth-order valence-electron chi connectivity index (χ4n) is 1.35. The molecule has 0 radical (unpaired) electrons. The van der Waals surface area contributed by atoms with Gasteiger partial charge in [0.05, 0.1) is 17.7 Å². The first-order valence-electron chi connectivity index (χ1n) is 5.52. The molecular weight excluding hydrogens is 315 g/mol. The third kappa shape index (κ3) is 4.18. The van der Waals surface area contributed by atoms with Gasteiger partial charge < -0.3 is 15.2 Å². The molecule has 1 aromatic heterocycles. The molecule has 21 heavy (non-hydrogen) atoms. The number of rotatable bonds is 5. The molecule has 0 bridgehead atoms. The van der Waals surface area contributed by atoms with Gasteiger partial charge in [-0.2, -0.15) is 24.5 Å². The van der Waals surface area contributed by atoms with E-state index in [1.807, 2.05) is 0 Å². The molecule has 0 unspecified atom stereocenters. The highest BCUT2D eigenvalue weighted by Crippen LogP contribution is 2.34. The molecule has 1 heterocycles. The van der Waals surface area contributed by atoms with E-state index in [0.29, 0.717) is 11.3 Å². The number of esters is 1. The number of alkyl halides is 3. The molecule has 1 atom stereocenters.